The topological polar surface area (TPSA) is 110 Å². The summed E-state index contributed by atoms with van der Waals surface area (Å²) in [5, 5.41) is 13.6. The molecule has 0 heterocycles. The van der Waals surface area contributed by atoms with Crippen LogP contribution in [0.1, 0.15) is 17.3 Å². The van der Waals surface area contributed by atoms with Crippen molar-refractivity contribution >= 4 is 29.0 Å². The van der Waals surface area contributed by atoms with Crippen molar-refractivity contribution in [3.05, 3.63) is 33.9 Å². The summed E-state index contributed by atoms with van der Waals surface area (Å²) in [4.78, 5) is 22.2. The van der Waals surface area contributed by atoms with Gasteiger partial charge >= 0.3 is 0 Å². The molecule has 0 aliphatic heterocycles. The summed E-state index contributed by atoms with van der Waals surface area (Å²) in [7, 11) is 0. The van der Waals surface area contributed by atoms with E-state index in [0.717, 1.165) is 5.75 Å². The Balaban J connectivity index is 2.78. The van der Waals surface area contributed by atoms with Crippen LogP contribution in [-0.2, 0) is 0 Å². The molecule has 110 valence electrons. The maximum atomic E-state index is 11.9. The fraction of sp³-hybridized carbons (Fsp3) is 0.417. The second-order valence-electron chi connectivity index (χ2n) is 4.40. The maximum Gasteiger partial charge on any atom is 0.294 e. The number of nitro benzene ring substituents is 1. The number of nitrogens with zero attached hydrogens (tertiary/aromatic N) is 1. The van der Waals surface area contributed by atoms with Crippen molar-refractivity contribution in [1.82, 2.24) is 5.32 Å². The molecule has 1 unspecified atom stereocenters. The zero-order chi connectivity index (χ0) is 15.1. The molecule has 0 aliphatic rings. The van der Waals surface area contributed by atoms with Crippen LogP contribution in [-0.4, -0.2) is 29.4 Å². The number of carbonyl (C=O) groups excluding carboxylic acids is 1. The van der Waals surface area contributed by atoms with Gasteiger partial charge in [0.2, 0.25) is 0 Å². The Labute approximate surface area is 121 Å². The molecular formula is C12H18N4O3S. The Morgan fingerprint density at radius 1 is 1.55 bits per heavy atom. The van der Waals surface area contributed by atoms with E-state index in [9.17, 15) is 14.9 Å². The Hall–Kier alpha value is -1.80. The molecule has 7 nitrogen and oxygen atoms in total. The highest BCUT2D eigenvalue weighted by Gasteiger charge is 2.17. The highest BCUT2D eigenvalue weighted by Crippen LogP contribution is 2.24. The molecule has 0 spiro atoms. The number of nitro groups is 1. The van der Waals surface area contributed by atoms with Crippen LogP contribution < -0.4 is 16.6 Å². The molecule has 1 aromatic carbocycles. The number of hydrogen-bond acceptors (Lipinski definition) is 6. The highest BCUT2D eigenvalue weighted by molar-refractivity contribution is 7.98. The van der Waals surface area contributed by atoms with Gasteiger partial charge in [0.25, 0.3) is 11.6 Å². The Morgan fingerprint density at radius 3 is 2.80 bits per heavy atom. The maximum absolute atomic E-state index is 11.9. The standard InChI is InChI=1S/C12H18N4O3S/c1-8(7-20-2)6-14-12(17)9-3-4-10(15-13)11(5-9)16(18)19/h3-5,8,15H,6-7,13H2,1-2H3,(H,14,17). The highest BCUT2D eigenvalue weighted by atomic mass is 32.2. The van der Waals surface area contributed by atoms with E-state index >= 15 is 0 Å². The molecular weight excluding hydrogens is 280 g/mol. The first-order valence-corrected chi connectivity index (χ1v) is 7.41. The number of hydrazine groups is 1. The van der Waals surface area contributed by atoms with Crippen molar-refractivity contribution in [2.45, 2.75) is 6.92 Å². The van der Waals surface area contributed by atoms with Crippen molar-refractivity contribution in [2.75, 3.05) is 24.0 Å². The summed E-state index contributed by atoms with van der Waals surface area (Å²) in [6.07, 6.45) is 2.00. The number of carbonyl (C=O) groups is 1. The predicted molar refractivity (Wildman–Crippen MR) is 80.8 cm³/mol. The van der Waals surface area contributed by atoms with E-state index < -0.39 is 4.92 Å². The number of hydrogen-bond donors (Lipinski definition) is 3. The number of rotatable bonds is 7. The zero-order valence-corrected chi connectivity index (χ0v) is 12.2. The number of benzene rings is 1. The Kier molecular flexibility index (Phi) is 6.26. The largest absolute Gasteiger partial charge is 0.352 e. The lowest BCUT2D eigenvalue weighted by Gasteiger charge is -2.11. The number of anilines is 1. The van der Waals surface area contributed by atoms with Crippen LogP contribution in [0.2, 0.25) is 0 Å². The quantitative estimate of drug-likeness (QED) is 0.401. The second kappa shape index (κ2) is 7.71. The summed E-state index contributed by atoms with van der Waals surface area (Å²) < 4.78 is 0. The summed E-state index contributed by atoms with van der Waals surface area (Å²) in [6.45, 7) is 2.56. The first-order valence-electron chi connectivity index (χ1n) is 6.01. The molecule has 0 fully saturated rings. The molecule has 0 saturated heterocycles. The molecule has 1 atom stereocenters. The molecule has 0 aliphatic carbocycles. The number of thioether (sulfide) groups is 1. The van der Waals surface area contributed by atoms with E-state index in [2.05, 4.69) is 10.7 Å². The smallest absolute Gasteiger partial charge is 0.294 e. The third-order valence-corrected chi connectivity index (χ3v) is 3.58. The van der Waals surface area contributed by atoms with E-state index in [4.69, 9.17) is 5.84 Å². The third kappa shape index (κ3) is 4.39. The van der Waals surface area contributed by atoms with Gasteiger partial charge in [-0.05, 0) is 30.1 Å². The molecule has 8 heteroatoms. The fourth-order valence-corrected chi connectivity index (χ4v) is 2.35. The van der Waals surface area contributed by atoms with E-state index in [0.29, 0.717) is 12.5 Å². The van der Waals surface area contributed by atoms with E-state index in [1.807, 2.05) is 13.2 Å². The lowest BCUT2D eigenvalue weighted by atomic mass is 10.1. The van der Waals surface area contributed by atoms with Gasteiger partial charge in [-0.15, -0.1) is 0 Å². The van der Waals surface area contributed by atoms with Crippen molar-refractivity contribution in [3.63, 3.8) is 0 Å². The van der Waals surface area contributed by atoms with Gasteiger partial charge in [0, 0.05) is 18.2 Å². The minimum absolute atomic E-state index is 0.169. The number of nitrogens with one attached hydrogen (secondary N) is 2. The Morgan fingerprint density at radius 2 is 2.25 bits per heavy atom. The van der Waals surface area contributed by atoms with Gasteiger partial charge in [0.1, 0.15) is 5.69 Å². The van der Waals surface area contributed by atoms with Crippen molar-refractivity contribution < 1.29 is 9.72 Å². The molecule has 0 aromatic heterocycles. The van der Waals surface area contributed by atoms with Crippen LogP contribution in [0.25, 0.3) is 0 Å². The monoisotopic (exact) mass is 298 g/mol. The number of nitrogen functional groups attached to an aromatic ring is 1. The predicted octanol–water partition coefficient (Wildman–Crippen LogP) is 1.61. The molecule has 4 N–H and O–H groups in total. The minimum atomic E-state index is -0.581. The van der Waals surface area contributed by atoms with Crippen molar-refractivity contribution in [2.24, 2.45) is 11.8 Å². The lowest BCUT2D eigenvalue weighted by molar-refractivity contribution is -0.384. The summed E-state index contributed by atoms with van der Waals surface area (Å²) in [5.74, 6) is 6.14. The molecule has 20 heavy (non-hydrogen) atoms. The minimum Gasteiger partial charge on any atom is -0.352 e. The van der Waals surface area contributed by atoms with Crippen LogP contribution in [0.5, 0.6) is 0 Å². The van der Waals surface area contributed by atoms with Gasteiger partial charge in [0.05, 0.1) is 4.92 Å². The van der Waals surface area contributed by atoms with Gasteiger partial charge in [-0.3, -0.25) is 20.8 Å². The second-order valence-corrected chi connectivity index (χ2v) is 5.31. The average molecular weight is 298 g/mol. The van der Waals surface area contributed by atoms with Gasteiger partial charge in [0.15, 0.2) is 0 Å². The molecule has 0 bridgehead atoms. The fourth-order valence-electron chi connectivity index (χ4n) is 1.66. The molecule has 0 saturated carbocycles. The van der Waals surface area contributed by atoms with E-state index in [1.165, 1.54) is 18.2 Å². The molecule has 1 amide bonds. The summed E-state index contributed by atoms with van der Waals surface area (Å²) >= 11 is 1.71. The molecule has 1 rings (SSSR count). The SMILES string of the molecule is CSCC(C)CNC(=O)c1ccc(NN)c([N+](=O)[O-])c1. The summed E-state index contributed by atoms with van der Waals surface area (Å²) in [6, 6.07) is 4.12. The first-order chi connectivity index (χ1) is 9.49. The number of nitrogens with two attached hydrogens (primary N) is 1. The number of amides is 1. The Bertz CT molecular complexity index is 496. The van der Waals surface area contributed by atoms with Gasteiger partial charge < -0.3 is 10.7 Å². The van der Waals surface area contributed by atoms with E-state index in [-0.39, 0.29) is 22.8 Å². The third-order valence-electron chi connectivity index (χ3n) is 2.67. The van der Waals surface area contributed by atoms with Crippen LogP contribution in [0.4, 0.5) is 11.4 Å². The molecule has 0 radical (unpaired) electrons. The van der Waals surface area contributed by atoms with Gasteiger partial charge in [-0.25, -0.2) is 0 Å². The zero-order valence-electron chi connectivity index (χ0n) is 11.4. The van der Waals surface area contributed by atoms with Gasteiger partial charge in [-0.2, -0.15) is 11.8 Å². The average Bonchev–Trinajstić information content (AvgIpc) is 2.44. The van der Waals surface area contributed by atoms with Crippen LogP contribution in [0.3, 0.4) is 0 Å². The van der Waals surface area contributed by atoms with Crippen molar-refractivity contribution in [3.8, 4) is 0 Å². The van der Waals surface area contributed by atoms with Crippen LogP contribution in [0.15, 0.2) is 18.2 Å². The first kappa shape index (κ1) is 16.3. The van der Waals surface area contributed by atoms with E-state index in [1.54, 1.807) is 11.8 Å². The van der Waals surface area contributed by atoms with Gasteiger partial charge in [-0.1, -0.05) is 6.92 Å². The van der Waals surface area contributed by atoms with Crippen LogP contribution >= 0.6 is 11.8 Å². The van der Waals surface area contributed by atoms with Crippen molar-refractivity contribution in [1.29, 1.82) is 0 Å². The molecule has 1 aromatic rings. The van der Waals surface area contributed by atoms with Crippen LogP contribution in [0, 0.1) is 16.0 Å². The lowest BCUT2D eigenvalue weighted by Crippen LogP contribution is -2.29. The summed E-state index contributed by atoms with van der Waals surface area (Å²) in [5.41, 5.74) is 2.42. The normalized spacial score (nSPS) is 11.8.